The van der Waals surface area contributed by atoms with Crippen LogP contribution in [0.15, 0.2) is 0 Å². The van der Waals surface area contributed by atoms with Crippen molar-refractivity contribution in [3.8, 4) is 0 Å². The Morgan fingerprint density at radius 2 is 2.15 bits per heavy atom. The number of nitrogens with zero attached hydrogens (tertiary/aromatic N) is 1. The van der Waals surface area contributed by atoms with E-state index in [0.717, 1.165) is 19.3 Å². The van der Waals surface area contributed by atoms with E-state index >= 15 is 0 Å². The molecule has 2 rings (SSSR count). The van der Waals surface area contributed by atoms with E-state index in [2.05, 4.69) is 5.48 Å². The first-order valence-corrected chi connectivity index (χ1v) is 4.66. The van der Waals surface area contributed by atoms with Crippen molar-refractivity contribution < 1.29 is 9.76 Å². The average molecular weight is 186 g/mol. The van der Waals surface area contributed by atoms with Gasteiger partial charge in [0.05, 0.1) is 7.11 Å². The van der Waals surface area contributed by atoms with Crippen molar-refractivity contribution in [1.82, 2.24) is 5.48 Å². The zero-order valence-corrected chi connectivity index (χ0v) is 7.60. The van der Waals surface area contributed by atoms with Crippen molar-refractivity contribution in [2.45, 2.75) is 31.3 Å². The molecule has 74 valence electrons. The maximum Gasteiger partial charge on any atom is 0.233 e. The fraction of sp³-hybridized carbons (Fsp3) is 1.00. The van der Waals surface area contributed by atoms with Gasteiger partial charge in [0.1, 0.15) is 6.04 Å². The van der Waals surface area contributed by atoms with E-state index in [1.165, 1.54) is 7.11 Å². The van der Waals surface area contributed by atoms with Crippen LogP contribution >= 0.6 is 0 Å². The quantitative estimate of drug-likeness (QED) is 0.517. The molecule has 13 heavy (non-hydrogen) atoms. The Morgan fingerprint density at radius 3 is 2.77 bits per heavy atom. The fourth-order valence-electron chi connectivity index (χ4n) is 2.87. The minimum absolute atomic E-state index is 0.0706. The van der Waals surface area contributed by atoms with E-state index < -0.39 is 6.04 Å². The first-order chi connectivity index (χ1) is 6.24. The van der Waals surface area contributed by atoms with Crippen molar-refractivity contribution in [2.24, 2.45) is 11.8 Å². The first-order valence-electron chi connectivity index (χ1n) is 4.66. The molecule has 2 aliphatic carbocycles. The van der Waals surface area contributed by atoms with Crippen molar-refractivity contribution in [2.75, 3.05) is 7.11 Å². The molecule has 4 unspecified atom stereocenters. The van der Waals surface area contributed by atoms with E-state index in [0.29, 0.717) is 5.92 Å². The summed E-state index contributed by atoms with van der Waals surface area (Å²) in [4.78, 5) is 15.4. The van der Waals surface area contributed by atoms with Gasteiger partial charge in [-0.1, -0.05) is 0 Å². The summed E-state index contributed by atoms with van der Waals surface area (Å²) in [6.07, 6.45) is 3.11. The molecule has 0 spiro atoms. The van der Waals surface area contributed by atoms with E-state index in [-0.39, 0.29) is 16.9 Å². The Bertz CT molecular complexity index is 221. The van der Waals surface area contributed by atoms with Crippen LogP contribution in [0.1, 0.15) is 19.3 Å². The monoisotopic (exact) mass is 186 g/mol. The molecule has 0 heterocycles. The Hall–Kier alpha value is -0.680. The van der Waals surface area contributed by atoms with Crippen LogP contribution in [-0.4, -0.2) is 24.1 Å². The predicted octanol–water partition coefficient (Wildman–Crippen LogP) is 0.581. The summed E-state index contributed by atoms with van der Waals surface area (Å²) in [7, 11) is 1.52. The smallest absolute Gasteiger partial charge is 0.233 e. The number of fused-ring (bicyclic) bond motifs is 2. The van der Waals surface area contributed by atoms with Gasteiger partial charge in [-0.3, -0.25) is 10.1 Å². The van der Waals surface area contributed by atoms with E-state index in [1.807, 2.05) is 0 Å². The van der Waals surface area contributed by atoms with Crippen LogP contribution in [0, 0.1) is 22.0 Å². The highest BCUT2D eigenvalue weighted by Gasteiger charge is 2.54. The van der Waals surface area contributed by atoms with Gasteiger partial charge in [-0.15, -0.1) is 0 Å². The maximum atomic E-state index is 10.8. The summed E-state index contributed by atoms with van der Waals surface area (Å²) < 4.78 is 0. The van der Waals surface area contributed by atoms with Crippen LogP contribution in [0.3, 0.4) is 0 Å². The molecule has 2 fully saturated rings. The first kappa shape index (κ1) is 8.90. The molecule has 0 saturated heterocycles. The third-order valence-electron chi connectivity index (χ3n) is 3.37. The van der Waals surface area contributed by atoms with Crippen molar-refractivity contribution in [1.29, 1.82) is 0 Å². The van der Waals surface area contributed by atoms with Crippen LogP contribution in [0.4, 0.5) is 0 Å². The molecule has 2 saturated carbocycles. The fourth-order valence-corrected chi connectivity index (χ4v) is 2.87. The van der Waals surface area contributed by atoms with Gasteiger partial charge in [0.2, 0.25) is 6.04 Å². The Labute approximate surface area is 76.6 Å². The van der Waals surface area contributed by atoms with Crippen LogP contribution in [0.2, 0.25) is 0 Å². The van der Waals surface area contributed by atoms with Crippen LogP contribution in [0.5, 0.6) is 0 Å². The van der Waals surface area contributed by atoms with Gasteiger partial charge in [-0.05, 0) is 25.2 Å². The van der Waals surface area contributed by atoms with Gasteiger partial charge < -0.3 is 4.84 Å². The summed E-state index contributed by atoms with van der Waals surface area (Å²) in [5.41, 5.74) is 2.77. The lowest BCUT2D eigenvalue weighted by Gasteiger charge is -2.24. The third kappa shape index (κ3) is 1.32. The molecule has 1 N–H and O–H groups in total. The molecule has 2 aliphatic rings. The SMILES string of the molecule is CONC1C2CCC(C2)C1[N+](=O)[O-]. The lowest BCUT2D eigenvalue weighted by molar-refractivity contribution is -0.536. The van der Waals surface area contributed by atoms with Crippen LogP contribution < -0.4 is 5.48 Å². The summed E-state index contributed by atoms with van der Waals surface area (Å²) >= 11 is 0. The molecule has 0 aromatic carbocycles. The second kappa shape index (κ2) is 3.23. The van der Waals surface area contributed by atoms with Crippen LogP contribution in [0.25, 0.3) is 0 Å². The lowest BCUT2D eigenvalue weighted by atomic mass is 9.91. The Kier molecular flexibility index (Phi) is 2.21. The predicted molar refractivity (Wildman–Crippen MR) is 45.5 cm³/mol. The van der Waals surface area contributed by atoms with E-state index in [1.54, 1.807) is 0 Å². The standard InChI is InChI=1S/C8H14N2O3/c1-13-9-7-5-2-3-6(4-5)8(7)10(11)12/h5-9H,2-4H2,1H3. The molecule has 0 aliphatic heterocycles. The molecule has 5 nitrogen and oxygen atoms in total. The van der Waals surface area contributed by atoms with Crippen LogP contribution in [-0.2, 0) is 4.84 Å². The highest BCUT2D eigenvalue weighted by molar-refractivity contribution is 4.99. The molecule has 5 heteroatoms. The summed E-state index contributed by atoms with van der Waals surface area (Å²) in [5.74, 6) is 0.716. The molecular weight excluding hydrogens is 172 g/mol. The highest BCUT2D eigenvalue weighted by Crippen LogP contribution is 2.45. The largest absolute Gasteiger partial charge is 0.305 e. The minimum atomic E-state index is -0.432. The molecule has 2 bridgehead atoms. The number of hydrogen-bond donors (Lipinski definition) is 1. The Balaban J connectivity index is 2.10. The third-order valence-corrected chi connectivity index (χ3v) is 3.37. The number of nitrogens with one attached hydrogen (secondary N) is 1. The molecule has 0 aromatic heterocycles. The van der Waals surface area contributed by atoms with E-state index in [4.69, 9.17) is 4.84 Å². The summed E-state index contributed by atoms with van der Waals surface area (Å²) in [5, 5.41) is 10.8. The maximum absolute atomic E-state index is 10.8. The molecule has 0 radical (unpaired) electrons. The van der Waals surface area contributed by atoms with Crippen molar-refractivity contribution >= 4 is 0 Å². The van der Waals surface area contributed by atoms with Gasteiger partial charge in [0.25, 0.3) is 0 Å². The summed E-state index contributed by atoms with van der Waals surface area (Å²) in [6.45, 7) is 0. The average Bonchev–Trinajstić information content (AvgIpc) is 2.63. The zero-order valence-electron chi connectivity index (χ0n) is 7.60. The highest BCUT2D eigenvalue weighted by atomic mass is 16.6. The molecule has 4 atom stereocenters. The van der Waals surface area contributed by atoms with Crippen molar-refractivity contribution in [3.05, 3.63) is 10.1 Å². The molecule has 0 amide bonds. The number of rotatable bonds is 3. The minimum Gasteiger partial charge on any atom is -0.305 e. The van der Waals surface area contributed by atoms with Gasteiger partial charge in [-0.2, -0.15) is 5.48 Å². The van der Waals surface area contributed by atoms with Gasteiger partial charge in [0.15, 0.2) is 0 Å². The Morgan fingerprint density at radius 1 is 1.46 bits per heavy atom. The number of hydroxylamine groups is 1. The second-order valence-corrected chi connectivity index (χ2v) is 3.96. The second-order valence-electron chi connectivity index (χ2n) is 3.96. The van der Waals surface area contributed by atoms with Gasteiger partial charge in [0, 0.05) is 10.8 Å². The van der Waals surface area contributed by atoms with E-state index in [9.17, 15) is 10.1 Å². The lowest BCUT2D eigenvalue weighted by Crippen LogP contribution is -2.47. The molecular formula is C8H14N2O3. The summed E-state index contributed by atoms with van der Waals surface area (Å²) in [6, 6.07) is -0.502. The molecule has 0 aromatic rings. The number of hydrogen-bond acceptors (Lipinski definition) is 4. The van der Waals surface area contributed by atoms with Crippen molar-refractivity contribution in [3.63, 3.8) is 0 Å². The van der Waals surface area contributed by atoms with Gasteiger partial charge >= 0.3 is 0 Å². The normalized spacial score (nSPS) is 42.5. The van der Waals surface area contributed by atoms with Gasteiger partial charge in [-0.25, -0.2) is 0 Å². The topological polar surface area (TPSA) is 64.4 Å². The zero-order chi connectivity index (χ0) is 9.42. The number of nitro groups is 1.